The van der Waals surface area contributed by atoms with Gasteiger partial charge in [0.15, 0.2) is 15.6 Å². The minimum Gasteiger partial charge on any atom is -0.387 e. The van der Waals surface area contributed by atoms with E-state index in [1.807, 2.05) is 0 Å². The van der Waals surface area contributed by atoms with Gasteiger partial charge in [-0.05, 0) is 35.9 Å². The first-order valence-electron chi connectivity index (χ1n) is 9.52. The normalized spacial score (nSPS) is 11.6. The number of anilines is 1. The number of nitrogens with zero attached hydrogens (tertiary/aromatic N) is 3. The Labute approximate surface area is 202 Å². The molecule has 0 aliphatic heterocycles. The Balaban J connectivity index is 1.54. The predicted octanol–water partition coefficient (Wildman–Crippen LogP) is 3.78. The highest BCUT2D eigenvalue weighted by atomic mass is 35.5. The number of hydrogen-bond acceptors (Lipinski definition) is 8. The second kappa shape index (κ2) is 9.22. The Bertz CT molecular complexity index is 1530. The maximum atomic E-state index is 12.9. The van der Waals surface area contributed by atoms with Crippen molar-refractivity contribution in [3.8, 4) is 5.82 Å². The van der Waals surface area contributed by atoms with E-state index in [2.05, 4.69) is 15.3 Å². The molecule has 0 aliphatic rings. The second-order valence-corrected chi connectivity index (χ2v) is 11.4. The van der Waals surface area contributed by atoms with Gasteiger partial charge in [-0.25, -0.2) is 18.4 Å². The van der Waals surface area contributed by atoms with Crippen LogP contribution >= 0.6 is 34.5 Å². The zero-order chi connectivity index (χ0) is 23.8. The van der Waals surface area contributed by atoms with Crippen LogP contribution in [0.1, 0.15) is 5.56 Å². The molecule has 4 aromatic rings. The average molecular weight is 523 g/mol. The third-order valence-electron chi connectivity index (χ3n) is 4.78. The number of hydrogen-bond donors (Lipinski definition) is 1. The Hall–Kier alpha value is -2.79. The average Bonchev–Trinajstić information content (AvgIpc) is 3.22. The topological polar surface area (TPSA) is 111 Å². The van der Waals surface area contributed by atoms with Gasteiger partial charge in [-0.3, -0.25) is 14.2 Å². The number of fused-ring (bicyclic) bond motifs is 1. The summed E-state index contributed by atoms with van der Waals surface area (Å²) in [7, 11) is -2.03. The maximum Gasteiger partial charge on any atom is 0.267 e. The van der Waals surface area contributed by atoms with Crippen LogP contribution in [-0.2, 0) is 21.1 Å². The molecule has 12 heteroatoms. The van der Waals surface area contributed by atoms with Crippen molar-refractivity contribution in [2.75, 3.05) is 18.1 Å². The van der Waals surface area contributed by atoms with E-state index in [1.165, 1.54) is 29.2 Å². The molecule has 0 bridgehead atoms. The first-order valence-corrected chi connectivity index (χ1v) is 12.7. The first-order chi connectivity index (χ1) is 15.7. The van der Waals surface area contributed by atoms with Crippen LogP contribution in [0.4, 0.5) is 5.69 Å². The van der Waals surface area contributed by atoms with Gasteiger partial charge in [-0.1, -0.05) is 29.3 Å². The molecular weight excluding hydrogens is 507 g/mol. The Kier molecular flexibility index (Phi) is 6.53. The summed E-state index contributed by atoms with van der Waals surface area (Å²) in [6, 6.07) is 9.27. The summed E-state index contributed by atoms with van der Waals surface area (Å²) in [5, 5.41) is 3.66. The highest BCUT2D eigenvalue weighted by Gasteiger charge is 2.21. The largest absolute Gasteiger partial charge is 0.387 e. The van der Waals surface area contributed by atoms with Crippen LogP contribution < -0.4 is 10.9 Å². The monoisotopic (exact) mass is 522 g/mol. The summed E-state index contributed by atoms with van der Waals surface area (Å²) < 4.78 is 26.4. The molecule has 33 heavy (non-hydrogen) atoms. The van der Waals surface area contributed by atoms with Gasteiger partial charge in [-0.15, -0.1) is 11.3 Å². The third kappa shape index (κ3) is 4.93. The SMILES string of the molecule is CNc1cc2ncn(-c3ccc(CC(=O)CS(=O)(=O)c4ccc(Cl)s4)cn3)c(=O)c2cc1Cl. The number of benzene rings is 1. The minimum atomic E-state index is -3.75. The van der Waals surface area contributed by atoms with E-state index in [0.29, 0.717) is 37.3 Å². The van der Waals surface area contributed by atoms with E-state index in [4.69, 9.17) is 23.2 Å². The fourth-order valence-electron chi connectivity index (χ4n) is 3.19. The number of Topliss-reactive ketones (excluding diaryl/α,β-unsaturated/α-hetero) is 1. The number of aromatic nitrogens is 3. The number of pyridine rings is 1. The number of ketones is 1. The van der Waals surface area contributed by atoms with Gasteiger partial charge < -0.3 is 5.32 Å². The molecule has 1 aromatic carbocycles. The molecule has 3 heterocycles. The number of rotatable bonds is 7. The third-order valence-corrected chi connectivity index (χ3v) is 8.58. The molecule has 8 nitrogen and oxygen atoms in total. The van der Waals surface area contributed by atoms with Crippen LogP contribution in [0.15, 0.2) is 57.9 Å². The number of sulfone groups is 1. The summed E-state index contributed by atoms with van der Waals surface area (Å²) >= 11 is 12.9. The molecular formula is C21H16Cl2N4O4S2. The highest BCUT2D eigenvalue weighted by molar-refractivity contribution is 7.94. The van der Waals surface area contributed by atoms with Gasteiger partial charge in [0, 0.05) is 19.7 Å². The van der Waals surface area contributed by atoms with Crippen molar-refractivity contribution in [1.82, 2.24) is 14.5 Å². The predicted molar refractivity (Wildman–Crippen MR) is 130 cm³/mol. The van der Waals surface area contributed by atoms with Crippen LogP contribution in [0.2, 0.25) is 9.36 Å². The molecule has 0 atom stereocenters. The van der Waals surface area contributed by atoms with Crippen LogP contribution in [-0.4, -0.2) is 41.5 Å². The van der Waals surface area contributed by atoms with Crippen LogP contribution in [0.25, 0.3) is 16.7 Å². The van der Waals surface area contributed by atoms with Gasteiger partial charge in [0.1, 0.15) is 22.1 Å². The van der Waals surface area contributed by atoms with Crippen molar-refractivity contribution in [3.63, 3.8) is 0 Å². The molecule has 1 N–H and O–H groups in total. The second-order valence-electron chi connectivity index (χ2n) is 7.08. The van der Waals surface area contributed by atoms with Crippen LogP contribution in [0.3, 0.4) is 0 Å². The van der Waals surface area contributed by atoms with Crippen molar-refractivity contribution >= 4 is 66.7 Å². The van der Waals surface area contributed by atoms with Gasteiger partial charge in [-0.2, -0.15) is 0 Å². The molecule has 3 aromatic heterocycles. The summed E-state index contributed by atoms with van der Waals surface area (Å²) in [6.07, 6.45) is 2.68. The quantitative estimate of drug-likeness (QED) is 0.393. The molecule has 0 saturated heterocycles. The standard InChI is InChI=1S/C21H16Cl2N4O4S2/c1-24-17-8-16-14(7-15(17)22)21(29)27(11-26-16)19-4-2-12(9-25-19)6-13(28)10-33(30,31)20-5-3-18(23)32-20/h2-5,7-9,11,24H,6,10H2,1H3. The summed E-state index contributed by atoms with van der Waals surface area (Å²) in [6.45, 7) is 0. The lowest BCUT2D eigenvalue weighted by Gasteiger charge is -2.09. The molecule has 4 rings (SSSR count). The van der Waals surface area contributed by atoms with Crippen LogP contribution in [0.5, 0.6) is 0 Å². The van der Waals surface area contributed by atoms with E-state index in [1.54, 1.807) is 31.3 Å². The molecule has 0 saturated carbocycles. The van der Waals surface area contributed by atoms with Crippen LogP contribution in [0, 0.1) is 0 Å². The Morgan fingerprint density at radius 3 is 2.58 bits per heavy atom. The van der Waals surface area contributed by atoms with Gasteiger partial charge in [0.2, 0.25) is 0 Å². The fraction of sp³-hybridized carbons (Fsp3) is 0.143. The minimum absolute atomic E-state index is 0.0550. The molecule has 0 spiro atoms. The molecule has 0 fully saturated rings. The number of carbonyl (C=O) groups excluding carboxylic acids is 1. The van der Waals surface area contributed by atoms with Crippen molar-refractivity contribution in [3.05, 3.63) is 74.2 Å². The molecule has 0 unspecified atom stereocenters. The van der Waals surface area contributed by atoms with Gasteiger partial charge >= 0.3 is 0 Å². The lowest BCUT2D eigenvalue weighted by molar-refractivity contribution is -0.116. The summed E-state index contributed by atoms with van der Waals surface area (Å²) in [5.41, 5.74) is 1.32. The molecule has 0 amide bonds. The van der Waals surface area contributed by atoms with Gasteiger partial charge in [0.25, 0.3) is 5.56 Å². The zero-order valence-corrected chi connectivity index (χ0v) is 20.2. The smallest absolute Gasteiger partial charge is 0.267 e. The highest BCUT2D eigenvalue weighted by Crippen LogP contribution is 2.27. The summed E-state index contributed by atoms with van der Waals surface area (Å²) in [4.78, 5) is 33.8. The molecule has 0 radical (unpaired) electrons. The maximum absolute atomic E-state index is 12.9. The van der Waals surface area contributed by atoms with Gasteiger partial charge in [0.05, 0.1) is 25.9 Å². The van der Waals surface area contributed by atoms with Crippen molar-refractivity contribution in [2.24, 2.45) is 0 Å². The molecule has 170 valence electrons. The fourth-order valence-corrected chi connectivity index (χ4v) is 6.26. The Morgan fingerprint density at radius 1 is 1.15 bits per heavy atom. The van der Waals surface area contributed by atoms with Crippen molar-refractivity contribution < 1.29 is 13.2 Å². The van der Waals surface area contributed by atoms with E-state index in [9.17, 15) is 18.0 Å². The van der Waals surface area contributed by atoms with E-state index in [0.717, 1.165) is 11.3 Å². The number of nitrogens with one attached hydrogen (secondary N) is 1. The zero-order valence-electron chi connectivity index (χ0n) is 17.1. The van der Waals surface area contributed by atoms with E-state index >= 15 is 0 Å². The van der Waals surface area contributed by atoms with Crippen molar-refractivity contribution in [1.29, 1.82) is 0 Å². The first kappa shape index (κ1) is 23.4. The van der Waals surface area contributed by atoms with E-state index < -0.39 is 21.4 Å². The van der Waals surface area contributed by atoms with E-state index in [-0.39, 0.29) is 16.2 Å². The summed E-state index contributed by atoms with van der Waals surface area (Å²) in [5.74, 6) is -0.802. The Morgan fingerprint density at radius 2 is 1.94 bits per heavy atom. The van der Waals surface area contributed by atoms with Crippen molar-refractivity contribution in [2.45, 2.75) is 10.6 Å². The lowest BCUT2D eigenvalue weighted by Crippen LogP contribution is -2.20. The molecule has 0 aliphatic carbocycles. The lowest BCUT2D eigenvalue weighted by atomic mass is 10.1. The number of thiophene rings is 1. The number of carbonyl (C=O) groups is 1. The number of halogens is 2.